The molecular formula is C30H35FN2O5. The summed E-state index contributed by atoms with van der Waals surface area (Å²) in [5, 5.41) is 19.8. The third-order valence-electron chi connectivity index (χ3n) is 7.35. The SMILES string of the molecule is CCN(CC)Cc1cc(C2CCc3ccc([C@H](O)[C@H](C)C(=O)O)cc3O2)c(F)cc1-c1ccnc(OC)c1. The number of fused-ring (bicyclic) bond motifs is 1. The first-order valence-electron chi connectivity index (χ1n) is 13.0. The molecule has 2 heterocycles. The quantitative estimate of drug-likeness (QED) is 0.360. The van der Waals surface area contributed by atoms with Gasteiger partial charge in [0.25, 0.3) is 0 Å². The van der Waals surface area contributed by atoms with E-state index in [1.54, 1.807) is 37.6 Å². The number of methoxy groups -OCH3 is 1. The lowest BCUT2D eigenvalue weighted by Gasteiger charge is -2.29. The molecule has 7 nitrogen and oxygen atoms in total. The van der Waals surface area contributed by atoms with Gasteiger partial charge in [0, 0.05) is 24.4 Å². The lowest BCUT2D eigenvalue weighted by atomic mass is 9.90. The Morgan fingerprint density at radius 3 is 2.66 bits per heavy atom. The van der Waals surface area contributed by atoms with E-state index in [1.807, 2.05) is 18.2 Å². The number of pyridine rings is 1. The van der Waals surface area contributed by atoms with Crippen molar-refractivity contribution < 1.29 is 28.9 Å². The van der Waals surface area contributed by atoms with Crippen molar-refractivity contribution in [2.75, 3.05) is 20.2 Å². The standard InChI is InChI=1S/C30H35FN2O5/c1-5-33(6-2)17-22-13-24(25(31)16-23(22)20-11-12-32-28(15-20)37-4)26-10-9-19-7-8-21(14-27(19)38-26)29(34)18(3)30(35)36/h7-8,11-16,18,26,29,34H,5-6,9-10,17H2,1-4H3,(H,35,36)/t18-,26?,29+/m0/s1. The molecule has 0 saturated heterocycles. The molecule has 8 heteroatoms. The Labute approximate surface area is 222 Å². The molecule has 0 fully saturated rings. The van der Waals surface area contributed by atoms with Crippen LogP contribution in [0.4, 0.5) is 4.39 Å². The number of hydrogen-bond donors (Lipinski definition) is 2. The second-order valence-corrected chi connectivity index (χ2v) is 9.66. The molecule has 0 radical (unpaired) electrons. The number of aromatic nitrogens is 1. The molecule has 0 amide bonds. The summed E-state index contributed by atoms with van der Waals surface area (Å²) in [5.74, 6) is -1.40. The van der Waals surface area contributed by atoms with Gasteiger partial charge in [-0.2, -0.15) is 0 Å². The number of carboxylic acid groups (broad SMARTS) is 1. The van der Waals surface area contributed by atoms with Gasteiger partial charge in [0.1, 0.15) is 17.7 Å². The Morgan fingerprint density at radius 2 is 1.97 bits per heavy atom. The summed E-state index contributed by atoms with van der Waals surface area (Å²) < 4.78 is 27.3. The molecule has 0 spiro atoms. The van der Waals surface area contributed by atoms with E-state index in [0.29, 0.717) is 42.1 Å². The number of carbonyl (C=O) groups is 1. The number of rotatable bonds is 10. The molecule has 4 rings (SSSR count). The van der Waals surface area contributed by atoms with Crippen molar-refractivity contribution in [1.82, 2.24) is 9.88 Å². The fraction of sp³-hybridized carbons (Fsp3) is 0.400. The van der Waals surface area contributed by atoms with Crippen molar-refractivity contribution in [3.05, 3.63) is 76.7 Å². The predicted octanol–water partition coefficient (Wildman–Crippen LogP) is 5.56. The summed E-state index contributed by atoms with van der Waals surface area (Å²) in [4.78, 5) is 17.8. The molecule has 0 aliphatic carbocycles. The van der Waals surface area contributed by atoms with Crippen molar-refractivity contribution >= 4 is 5.97 Å². The van der Waals surface area contributed by atoms with E-state index in [1.165, 1.54) is 6.92 Å². The van der Waals surface area contributed by atoms with Gasteiger partial charge in [-0.05, 0) is 84.9 Å². The first kappa shape index (κ1) is 27.5. The fourth-order valence-electron chi connectivity index (χ4n) is 4.87. The third-order valence-corrected chi connectivity index (χ3v) is 7.35. The minimum absolute atomic E-state index is 0.358. The van der Waals surface area contributed by atoms with Gasteiger partial charge in [0.05, 0.1) is 19.1 Å². The number of nitrogens with zero attached hydrogens (tertiary/aromatic N) is 2. The van der Waals surface area contributed by atoms with E-state index in [-0.39, 0.29) is 5.82 Å². The van der Waals surface area contributed by atoms with Gasteiger partial charge in [-0.15, -0.1) is 0 Å². The zero-order valence-electron chi connectivity index (χ0n) is 22.3. The normalized spacial score (nSPS) is 16.4. The number of hydrogen-bond acceptors (Lipinski definition) is 6. The molecule has 3 aromatic rings. The Morgan fingerprint density at radius 1 is 1.21 bits per heavy atom. The number of halogens is 1. The Bertz CT molecular complexity index is 1290. The molecule has 1 aliphatic heterocycles. The molecule has 38 heavy (non-hydrogen) atoms. The molecule has 202 valence electrons. The van der Waals surface area contributed by atoms with E-state index in [0.717, 1.165) is 35.3 Å². The first-order valence-corrected chi connectivity index (χ1v) is 13.0. The average Bonchev–Trinajstić information content (AvgIpc) is 2.94. The maximum Gasteiger partial charge on any atom is 0.309 e. The van der Waals surface area contributed by atoms with E-state index < -0.39 is 24.1 Å². The lowest BCUT2D eigenvalue weighted by molar-refractivity contribution is -0.145. The van der Waals surface area contributed by atoms with Crippen LogP contribution in [-0.2, 0) is 17.8 Å². The number of aryl methyl sites for hydroxylation is 1. The molecule has 2 N–H and O–H groups in total. The maximum atomic E-state index is 15.7. The molecule has 1 aromatic heterocycles. The van der Waals surface area contributed by atoms with Crippen molar-refractivity contribution in [3.8, 4) is 22.8 Å². The van der Waals surface area contributed by atoms with Crippen molar-refractivity contribution in [1.29, 1.82) is 0 Å². The van der Waals surface area contributed by atoms with Gasteiger partial charge >= 0.3 is 5.97 Å². The van der Waals surface area contributed by atoms with E-state index in [2.05, 4.69) is 23.7 Å². The Hall–Kier alpha value is -3.49. The van der Waals surface area contributed by atoms with Crippen LogP contribution in [0, 0.1) is 11.7 Å². The first-order chi connectivity index (χ1) is 18.2. The summed E-state index contributed by atoms with van der Waals surface area (Å²) >= 11 is 0. The molecule has 0 saturated carbocycles. The Kier molecular flexibility index (Phi) is 8.64. The number of aliphatic hydroxyl groups excluding tert-OH is 1. The van der Waals surface area contributed by atoms with Crippen LogP contribution in [0.2, 0.25) is 0 Å². The van der Waals surface area contributed by atoms with Crippen molar-refractivity contribution in [2.45, 2.75) is 52.4 Å². The van der Waals surface area contributed by atoms with Crippen molar-refractivity contribution in [2.24, 2.45) is 5.92 Å². The second kappa shape index (κ2) is 11.9. The molecule has 0 bridgehead atoms. The van der Waals surface area contributed by atoms with E-state index >= 15 is 4.39 Å². The van der Waals surface area contributed by atoms with Gasteiger partial charge in [-0.1, -0.05) is 26.0 Å². The summed E-state index contributed by atoms with van der Waals surface area (Å²) in [6.45, 7) is 8.02. The predicted molar refractivity (Wildman–Crippen MR) is 143 cm³/mol. The molecule has 3 atom stereocenters. The zero-order chi connectivity index (χ0) is 27.4. The number of aliphatic carboxylic acids is 1. The minimum Gasteiger partial charge on any atom is -0.485 e. The van der Waals surface area contributed by atoms with Crippen molar-refractivity contribution in [3.63, 3.8) is 0 Å². The topological polar surface area (TPSA) is 92.1 Å². The van der Waals surface area contributed by atoms with Crippen LogP contribution < -0.4 is 9.47 Å². The molecule has 1 unspecified atom stereocenters. The average molecular weight is 523 g/mol. The fourth-order valence-corrected chi connectivity index (χ4v) is 4.87. The van der Waals surface area contributed by atoms with Crippen LogP contribution in [0.5, 0.6) is 11.6 Å². The van der Waals surface area contributed by atoms with Crippen LogP contribution in [-0.4, -0.2) is 46.3 Å². The highest BCUT2D eigenvalue weighted by Crippen LogP contribution is 2.40. The molecule has 1 aliphatic rings. The zero-order valence-corrected chi connectivity index (χ0v) is 22.3. The summed E-state index contributed by atoms with van der Waals surface area (Å²) in [6.07, 6.45) is 1.25. The number of aliphatic hydroxyl groups is 1. The number of ether oxygens (including phenoxy) is 2. The van der Waals surface area contributed by atoms with Gasteiger partial charge in [0.15, 0.2) is 0 Å². The van der Waals surface area contributed by atoms with Crippen LogP contribution in [0.15, 0.2) is 48.7 Å². The van der Waals surface area contributed by atoms with E-state index in [9.17, 15) is 15.0 Å². The van der Waals surface area contributed by atoms with Crippen LogP contribution in [0.3, 0.4) is 0 Å². The summed E-state index contributed by atoms with van der Waals surface area (Å²) in [7, 11) is 1.55. The highest BCUT2D eigenvalue weighted by molar-refractivity contribution is 5.71. The highest BCUT2D eigenvalue weighted by Gasteiger charge is 2.28. The molecule has 2 aromatic carbocycles. The van der Waals surface area contributed by atoms with E-state index in [4.69, 9.17) is 9.47 Å². The van der Waals surface area contributed by atoms with Crippen LogP contribution >= 0.6 is 0 Å². The van der Waals surface area contributed by atoms with Gasteiger partial charge in [0.2, 0.25) is 5.88 Å². The summed E-state index contributed by atoms with van der Waals surface area (Å²) in [6, 6.07) is 12.4. The largest absolute Gasteiger partial charge is 0.485 e. The Balaban J connectivity index is 1.70. The summed E-state index contributed by atoms with van der Waals surface area (Å²) in [5.41, 5.74) is 4.47. The smallest absolute Gasteiger partial charge is 0.309 e. The maximum absolute atomic E-state index is 15.7. The number of benzene rings is 2. The highest BCUT2D eigenvalue weighted by atomic mass is 19.1. The van der Waals surface area contributed by atoms with Crippen LogP contribution in [0.25, 0.3) is 11.1 Å². The van der Waals surface area contributed by atoms with Gasteiger partial charge < -0.3 is 19.7 Å². The number of carboxylic acids is 1. The molecular weight excluding hydrogens is 487 g/mol. The van der Waals surface area contributed by atoms with Crippen LogP contribution in [0.1, 0.15) is 61.7 Å². The second-order valence-electron chi connectivity index (χ2n) is 9.66. The third kappa shape index (κ3) is 5.81. The lowest BCUT2D eigenvalue weighted by Crippen LogP contribution is -2.23. The van der Waals surface area contributed by atoms with Gasteiger partial charge in [-0.25, -0.2) is 9.37 Å². The minimum atomic E-state index is -1.17. The monoisotopic (exact) mass is 522 g/mol. The van der Waals surface area contributed by atoms with Gasteiger partial charge in [-0.3, -0.25) is 9.69 Å².